The molecule has 2 amide bonds. The minimum absolute atomic E-state index is 0.202. The standard InChI is InChI=1S/C18H16F3N3O3S2/c19-18(20,21)11-24(9-13-3-1-5-27-13)16(26)7-12-10-29-17(22-12)23-15(25)8-14-4-2-6-28-14/h1-6,10H,7-9,11H2,(H,22,23,25). The van der Waals surface area contributed by atoms with Crippen LogP contribution in [0.15, 0.2) is 45.7 Å². The van der Waals surface area contributed by atoms with Crippen LogP contribution < -0.4 is 5.32 Å². The van der Waals surface area contributed by atoms with E-state index < -0.39 is 18.6 Å². The van der Waals surface area contributed by atoms with Crippen molar-refractivity contribution in [2.24, 2.45) is 0 Å². The molecule has 154 valence electrons. The number of rotatable bonds is 8. The lowest BCUT2D eigenvalue weighted by molar-refractivity contribution is -0.162. The van der Waals surface area contributed by atoms with E-state index in [4.69, 9.17) is 4.42 Å². The number of carbonyl (C=O) groups excluding carboxylic acids is 2. The number of anilines is 1. The highest BCUT2D eigenvalue weighted by atomic mass is 32.1. The first-order valence-corrected chi connectivity index (χ1v) is 10.2. The molecule has 0 aliphatic carbocycles. The maximum Gasteiger partial charge on any atom is 0.406 e. The van der Waals surface area contributed by atoms with Gasteiger partial charge in [0.05, 0.1) is 31.3 Å². The molecule has 0 fully saturated rings. The van der Waals surface area contributed by atoms with Gasteiger partial charge in [0.15, 0.2) is 5.13 Å². The van der Waals surface area contributed by atoms with Gasteiger partial charge in [-0.1, -0.05) is 6.07 Å². The van der Waals surface area contributed by atoms with Crippen LogP contribution in [-0.2, 0) is 29.0 Å². The number of nitrogens with one attached hydrogen (secondary N) is 1. The predicted octanol–water partition coefficient (Wildman–Crippen LogP) is 4.11. The molecular formula is C18H16F3N3O3S2. The highest BCUT2D eigenvalue weighted by Crippen LogP contribution is 2.21. The summed E-state index contributed by atoms with van der Waals surface area (Å²) < 4.78 is 43.6. The average molecular weight is 443 g/mol. The van der Waals surface area contributed by atoms with Gasteiger partial charge in [-0.25, -0.2) is 4.98 Å². The number of nitrogens with zero attached hydrogens (tertiary/aromatic N) is 2. The molecule has 0 aliphatic rings. The predicted molar refractivity (Wildman–Crippen MR) is 103 cm³/mol. The van der Waals surface area contributed by atoms with Crippen molar-refractivity contribution in [1.82, 2.24) is 9.88 Å². The second kappa shape index (κ2) is 9.23. The molecule has 0 atom stereocenters. The van der Waals surface area contributed by atoms with Gasteiger partial charge < -0.3 is 14.6 Å². The van der Waals surface area contributed by atoms with Gasteiger partial charge in [-0.3, -0.25) is 9.59 Å². The Morgan fingerprint density at radius 1 is 1.17 bits per heavy atom. The van der Waals surface area contributed by atoms with Crippen LogP contribution in [0.25, 0.3) is 0 Å². The molecule has 11 heteroatoms. The number of thiazole rings is 1. The summed E-state index contributed by atoms with van der Waals surface area (Å²) in [5.74, 6) is -0.737. The van der Waals surface area contributed by atoms with E-state index in [2.05, 4.69) is 10.3 Å². The van der Waals surface area contributed by atoms with Crippen LogP contribution in [0.3, 0.4) is 0 Å². The van der Waals surface area contributed by atoms with Gasteiger partial charge in [-0.2, -0.15) is 13.2 Å². The summed E-state index contributed by atoms with van der Waals surface area (Å²) in [4.78, 5) is 30.1. The first kappa shape index (κ1) is 21.1. The van der Waals surface area contributed by atoms with Gasteiger partial charge in [-0.05, 0) is 23.6 Å². The van der Waals surface area contributed by atoms with Gasteiger partial charge in [-0.15, -0.1) is 22.7 Å². The number of amides is 2. The Labute approximate surface area is 172 Å². The molecule has 0 bridgehead atoms. The fourth-order valence-corrected chi connectivity index (χ4v) is 3.92. The molecule has 0 aliphatic heterocycles. The number of carbonyl (C=O) groups is 2. The minimum atomic E-state index is -4.54. The Kier molecular flexibility index (Phi) is 6.70. The fourth-order valence-electron chi connectivity index (χ4n) is 2.49. The molecule has 0 aromatic carbocycles. The third-order valence-electron chi connectivity index (χ3n) is 3.69. The molecule has 1 N–H and O–H groups in total. The van der Waals surface area contributed by atoms with Crippen LogP contribution in [0, 0.1) is 0 Å². The highest BCUT2D eigenvalue weighted by Gasteiger charge is 2.33. The number of thiophene rings is 1. The van der Waals surface area contributed by atoms with Gasteiger partial charge in [0.25, 0.3) is 0 Å². The number of hydrogen-bond acceptors (Lipinski definition) is 6. The van der Waals surface area contributed by atoms with Gasteiger partial charge in [0, 0.05) is 10.3 Å². The molecule has 0 radical (unpaired) electrons. The van der Waals surface area contributed by atoms with Crippen LogP contribution in [0.5, 0.6) is 0 Å². The van der Waals surface area contributed by atoms with E-state index >= 15 is 0 Å². The molecule has 0 spiro atoms. The summed E-state index contributed by atoms with van der Waals surface area (Å²) in [5, 5.41) is 6.33. The van der Waals surface area contributed by atoms with Crippen LogP contribution in [-0.4, -0.2) is 34.4 Å². The van der Waals surface area contributed by atoms with E-state index in [1.165, 1.54) is 35.1 Å². The van der Waals surface area contributed by atoms with E-state index in [9.17, 15) is 22.8 Å². The van der Waals surface area contributed by atoms with Crippen molar-refractivity contribution in [3.8, 4) is 0 Å². The zero-order valence-corrected chi connectivity index (χ0v) is 16.6. The minimum Gasteiger partial charge on any atom is -0.467 e. The Morgan fingerprint density at radius 2 is 2.00 bits per heavy atom. The maximum absolute atomic E-state index is 12.9. The molecule has 3 aromatic heterocycles. The van der Waals surface area contributed by atoms with Gasteiger partial charge in [0.2, 0.25) is 11.8 Å². The molecule has 0 saturated carbocycles. The Morgan fingerprint density at radius 3 is 2.66 bits per heavy atom. The number of halogens is 3. The summed E-state index contributed by atoms with van der Waals surface area (Å²) in [6.07, 6.45) is -3.31. The molecule has 3 rings (SSSR count). The van der Waals surface area contributed by atoms with E-state index in [1.807, 2.05) is 17.5 Å². The topological polar surface area (TPSA) is 75.4 Å². The van der Waals surface area contributed by atoms with Crippen molar-refractivity contribution in [2.45, 2.75) is 25.6 Å². The molecule has 0 unspecified atom stereocenters. The fraction of sp³-hybridized carbons (Fsp3) is 0.278. The van der Waals surface area contributed by atoms with E-state index in [0.29, 0.717) is 10.0 Å². The van der Waals surface area contributed by atoms with Crippen LogP contribution in [0.2, 0.25) is 0 Å². The maximum atomic E-state index is 12.9. The van der Waals surface area contributed by atoms with Gasteiger partial charge >= 0.3 is 6.18 Å². The van der Waals surface area contributed by atoms with Crippen LogP contribution in [0.4, 0.5) is 18.3 Å². The Bertz CT molecular complexity index is 937. The molecule has 3 aromatic rings. The van der Waals surface area contributed by atoms with Crippen molar-refractivity contribution in [3.63, 3.8) is 0 Å². The summed E-state index contributed by atoms with van der Waals surface area (Å²) >= 11 is 2.57. The quantitative estimate of drug-likeness (QED) is 0.569. The number of aromatic nitrogens is 1. The number of hydrogen-bond donors (Lipinski definition) is 1. The third kappa shape index (κ3) is 6.71. The highest BCUT2D eigenvalue weighted by molar-refractivity contribution is 7.14. The largest absolute Gasteiger partial charge is 0.467 e. The van der Waals surface area contributed by atoms with Crippen molar-refractivity contribution in [2.75, 3.05) is 11.9 Å². The second-order valence-electron chi connectivity index (χ2n) is 6.07. The molecular weight excluding hydrogens is 427 g/mol. The lowest BCUT2D eigenvalue weighted by Gasteiger charge is -2.22. The van der Waals surface area contributed by atoms with Crippen molar-refractivity contribution in [1.29, 1.82) is 0 Å². The summed E-state index contributed by atoms with van der Waals surface area (Å²) in [5.41, 5.74) is 0.290. The van der Waals surface area contributed by atoms with Crippen molar-refractivity contribution in [3.05, 3.63) is 57.6 Å². The molecule has 6 nitrogen and oxygen atoms in total. The van der Waals surface area contributed by atoms with Crippen molar-refractivity contribution < 1.29 is 27.2 Å². The Balaban J connectivity index is 1.60. The lowest BCUT2D eigenvalue weighted by atomic mass is 10.2. The number of alkyl halides is 3. The monoisotopic (exact) mass is 443 g/mol. The molecule has 29 heavy (non-hydrogen) atoms. The van der Waals surface area contributed by atoms with E-state index in [-0.39, 0.29) is 36.7 Å². The Hall–Kier alpha value is -2.66. The molecule has 3 heterocycles. The van der Waals surface area contributed by atoms with Crippen LogP contribution >= 0.6 is 22.7 Å². The lowest BCUT2D eigenvalue weighted by Crippen LogP contribution is -2.39. The summed E-state index contributed by atoms with van der Waals surface area (Å²) in [6.45, 7) is -1.68. The first-order chi connectivity index (χ1) is 13.8. The van der Waals surface area contributed by atoms with E-state index in [0.717, 1.165) is 16.2 Å². The second-order valence-corrected chi connectivity index (χ2v) is 7.96. The first-order valence-electron chi connectivity index (χ1n) is 8.42. The third-order valence-corrected chi connectivity index (χ3v) is 5.38. The SMILES string of the molecule is O=C(Cc1cccs1)Nc1nc(CC(=O)N(Cc2ccco2)CC(F)(F)F)cs1. The van der Waals surface area contributed by atoms with E-state index in [1.54, 1.807) is 0 Å². The van der Waals surface area contributed by atoms with Gasteiger partial charge in [0.1, 0.15) is 12.3 Å². The average Bonchev–Trinajstić information content (AvgIpc) is 3.37. The number of furan rings is 1. The summed E-state index contributed by atoms with van der Waals surface area (Å²) in [7, 11) is 0. The zero-order valence-electron chi connectivity index (χ0n) is 14.9. The smallest absolute Gasteiger partial charge is 0.406 e. The summed E-state index contributed by atoms with van der Waals surface area (Å²) in [6, 6.07) is 6.72. The zero-order chi connectivity index (χ0) is 20.9. The van der Waals surface area contributed by atoms with Crippen LogP contribution in [0.1, 0.15) is 16.3 Å². The normalized spacial score (nSPS) is 11.4. The molecule has 0 saturated heterocycles. The van der Waals surface area contributed by atoms with Crippen molar-refractivity contribution >= 4 is 39.6 Å².